The maximum Gasteiger partial charge on any atom is 0.257 e. The molecule has 1 heterocycles. The predicted molar refractivity (Wildman–Crippen MR) is 83.7 cm³/mol. The van der Waals surface area contributed by atoms with Crippen molar-refractivity contribution < 1.29 is 14.6 Å². The topological polar surface area (TPSA) is 49.8 Å². The molecule has 0 saturated carbocycles. The molecule has 1 aliphatic rings. The third kappa shape index (κ3) is 1.92. The van der Waals surface area contributed by atoms with Gasteiger partial charge in [0.15, 0.2) is 5.72 Å². The van der Waals surface area contributed by atoms with Crippen molar-refractivity contribution in [2.45, 2.75) is 5.72 Å². The quantitative estimate of drug-likeness (QED) is 0.882. The molecule has 22 heavy (non-hydrogen) atoms. The number of rotatable bonds is 4. The number of carbonyl (C=O) groups excluding carboxylic acids is 1. The Kier molecular flexibility index (Phi) is 3.47. The molecule has 0 aliphatic carbocycles. The molecular formula is C18H17NO3. The first-order chi connectivity index (χ1) is 10.6. The van der Waals surface area contributed by atoms with Crippen LogP contribution in [0.2, 0.25) is 0 Å². The van der Waals surface area contributed by atoms with Crippen molar-refractivity contribution in [3.8, 4) is 5.75 Å². The largest absolute Gasteiger partial charge is 0.497 e. The van der Waals surface area contributed by atoms with Crippen LogP contribution in [0.4, 0.5) is 0 Å². The molecule has 1 aliphatic heterocycles. The number of hydrogen-bond donors (Lipinski definition) is 1. The number of nitrogens with zero attached hydrogens (tertiary/aromatic N) is 1. The highest BCUT2D eigenvalue weighted by molar-refractivity contribution is 6.00. The first-order valence-corrected chi connectivity index (χ1v) is 7.02. The van der Waals surface area contributed by atoms with Crippen molar-refractivity contribution >= 4 is 5.91 Å². The minimum absolute atomic E-state index is 0.200. The molecule has 3 rings (SSSR count). The minimum atomic E-state index is -1.49. The molecule has 112 valence electrons. The molecule has 1 atom stereocenters. The van der Waals surface area contributed by atoms with E-state index in [-0.39, 0.29) is 12.5 Å². The maximum atomic E-state index is 12.6. The van der Waals surface area contributed by atoms with E-state index < -0.39 is 5.72 Å². The zero-order valence-electron chi connectivity index (χ0n) is 12.3. The number of ether oxygens (including phenoxy) is 1. The average molecular weight is 295 g/mol. The number of aliphatic hydroxyl groups is 1. The van der Waals surface area contributed by atoms with Crippen LogP contribution in [0.1, 0.15) is 21.5 Å². The maximum absolute atomic E-state index is 12.6. The predicted octanol–water partition coefficient (Wildman–Crippen LogP) is 2.53. The van der Waals surface area contributed by atoms with E-state index in [9.17, 15) is 9.90 Å². The van der Waals surface area contributed by atoms with Crippen molar-refractivity contribution in [2.75, 3.05) is 13.7 Å². The highest BCUT2D eigenvalue weighted by Crippen LogP contribution is 2.42. The Labute approximate surface area is 129 Å². The zero-order valence-corrected chi connectivity index (χ0v) is 12.3. The second kappa shape index (κ2) is 5.31. The van der Waals surface area contributed by atoms with Crippen molar-refractivity contribution in [1.82, 2.24) is 4.90 Å². The van der Waals surface area contributed by atoms with Crippen LogP contribution in [0.25, 0.3) is 0 Å². The van der Waals surface area contributed by atoms with Gasteiger partial charge in [-0.15, -0.1) is 6.58 Å². The highest BCUT2D eigenvalue weighted by Gasteiger charge is 2.49. The lowest BCUT2D eigenvalue weighted by Gasteiger charge is -2.34. The van der Waals surface area contributed by atoms with Gasteiger partial charge in [0.2, 0.25) is 0 Å². The van der Waals surface area contributed by atoms with Crippen molar-refractivity contribution in [3.05, 3.63) is 77.9 Å². The average Bonchev–Trinajstić information content (AvgIpc) is 2.79. The van der Waals surface area contributed by atoms with Gasteiger partial charge >= 0.3 is 0 Å². The van der Waals surface area contributed by atoms with Gasteiger partial charge in [-0.25, -0.2) is 0 Å². The molecule has 0 saturated heterocycles. The highest BCUT2D eigenvalue weighted by atomic mass is 16.5. The summed E-state index contributed by atoms with van der Waals surface area (Å²) in [7, 11) is 1.59. The van der Waals surface area contributed by atoms with Crippen LogP contribution in [-0.2, 0) is 5.72 Å². The molecule has 1 unspecified atom stereocenters. The number of benzene rings is 2. The number of hydrogen-bond acceptors (Lipinski definition) is 3. The second-order valence-electron chi connectivity index (χ2n) is 5.15. The second-order valence-corrected chi connectivity index (χ2v) is 5.15. The fraction of sp³-hybridized carbons (Fsp3) is 0.167. The molecule has 0 spiro atoms. The molecule has 1 amide bonds. The number of methoxy groups -OCH3 is 1. The van der Waals surface area contributed by atoms with E-state index in [2.05, 4.69) is 6.58 Å². The van der Waals surface area contributed by atoms with Crippen LogP contribution in [0.3, 0.4) is 0 Å². The first-order valence-electron chi connectivity index (χ1n) is 7.02. The summed E-state index contributed by atoms with van der Waals surface area (Å²) in [6.07, 6.45) is 1.61. The minimum Gasteiger partial charge on any atom is -0.497 e. The van der Waals surface area contributed by atoms with Crippen LogP contribution in [0, 0.1) is 0 Å². The Morgan fingerprint density at radius 2 is 1.91 bits per heavy atom. The van der Waals surface area contributed by atoms with Gasteiger partial charge in [-0.05, 0) is 18.2 Å². The summed E-state index contributed by atoms with van der Waals surface area (Å²) < 4.78 is 5.15. The van der Waals surface area contributed by atoms with Gasteiger partial charge in [-0.1, -0.05) is 36.4 Å². The van der Waals surface area contributed by atoms with Gasteiger partial charge in [0.25, 0.3) is 5.91 Å². The summed E-state index contributed by atoms with van der Waals surface area (Å²) in [5, 5.41) is 11.4. The molecule has 2 aromatic rings. The summed E-state index contributed by atoms with van der Waals surface area (Å²) in [5.41, 5.74) is 0.233. The summed E-state index contributed by atoms with van der Waals surface area (Å²) in [5.74, 6) is 0.494. The zero-order chi connectivity index (χ0) is 15.7. The van der Waals surface area contributed by atoms with Gasteiger partial charge in [-0.3, -0.25) is 9.69 Å². The Morgan fingerprint density at radius 3 is 2.55 bits per heavy atom. The number of amides is 1. The van der Waals surface area contributed by atoms with Gasteiger partial charge in [-0.2, -0.15) is 0 Å². The Bertz CT molecular complexity index is 723. The molecule has 0 fully saturated rings. The molecular weight excluding hydrogens is 278 g/mol. The Balaban J connectivity index is 2.18. The lowest BCUT2D eigenvalue weighted by atomic mass is 9.94. The fourth-order valence-electron chi connectivity index (χ4n) is 2.89. The SMILES string of the molecule is C=CCN1C(=O)c2ccccc2C1(O)c1ccc(OC)cc1. The van der Waals surface area contributed by atoms with Crippen LogP contribution in [-0.4, -0.2) is 29.6 Å². The van der Waals surface area contributed by atoms with E-state index in [0.29, 0.717) is 22.4 Å². The number of carbonyl (C=O) groups is 1. The third-order valence-electron chi connectivity index (χ3n) is 3.97. The van der Waals surface area contributed by atoms with Crippen LogP contribution < -0.4 is 4.74 Å². The van der Waals surface area contributed by atoms with Gasteiger partial charge in [0, 0.05) is 23.2 Å². The normalized spacial score (nSPS) is 19.9. The monoisotopic (exact) mass is 295 g/mol. The van der Waals surface area contributed by atoms with Gasteiger partial charge in [0.1, 0.15) is 5.75 Å². The summed E-state index contributed by atoms with van der Waals surface area (Å²) in [6.45, 7) is 3.94. The van der Waals surface area contributed by atoms with Gasteiger partial charge < -0.3 is 9.84 Å². The van der Waals surface area contributed by atoms with Gasteiger partial charge in [0.05, 0.1) is 7.11 Å². The van der Waals surface area contributed by atoms with E-state index in [1.54, 1.807) is 55.7 Å². The summed E-state index contributed by atoms with van der Waals surface area (Å²) >= 11 is 0. The van der Waals surface area contributed by atoms with E-state index in [0.717, 1.165) is 0 Å². The van der Waals surface area contributed by atoms with Crippen LogP contribution >= 0.6 is 0 Å². The van der Waals surface area contributed by atoms with Crippen molar-refractivity contribution in [2.24, 2.45) is 0 Å². The van der Waals surface area contributed by atoms with E-state index >= 15 is 0 Å². The van der Waals surface area contributed by atoms with Crippen LogP contribution in [0.5, 0.6) is 5.75 Å². The van der Waals surface area contributed by atoms with Crippen LogP contribution in [0.15, 0.2) is 61.2 Å². The molecule has 0 aromatic heterocycles. The molecule has 0 radical (unpaired) electrons. The van der Waals surface area contributed by atoms with E-state index in [4.69, 9.17) is 4.74 Å². The first kappa shape index (κ1) is 14.4. The third-order valence-corrected chi connectivity index (χ3v) is 3.97. The number of fused-ring (bicyclic) bond motifs is 1. The lowest BCUT2D eigenvalue weighted by Crippen LogP contribution is -2.44. The Hall–Kier alpha value is -2.59. The molecule has 0 bridgehead atoms. The van der Waals surface area contributed by atoms with Crippen molar-refractivity contribution in [3.63, 3.8) is 0 Å². The summed E-state index contributed by atoms with van der Waals surface area (Å²) in [6, 6.07) is 14.2. The fourth-order valence-corrected chi connectivity index (χ4v) is 2.89. The molecule has 1 N–H and O–H groups in total. The van der Waals surface area contributed by atoms with Crippen molar-refractivity contribution in [1.29, 1.82) is 0 Å². The summed E-state index contributed by atoms with van der Waals surface area (Å²) in [4.78, 5) is 14.0. The van der Waals surface area contributed by atoms with E-state index in [1.165, 1.54) is 4.90 Å². The molecule has 2 aromatic carbocycles. The Morgan fingerprint density at radius 1 is 1.23 bits per heavy atom. The molecule has 4 heteroatoms. The standard InChI is InChI=1S/C18H17NO3/c1-3-12-19-17(20)15-6-4-5-7-16(15)18(19,21)13-8-10-14(22-2)11-9-13/h3-11,21H,1,12H2,2H3. The van der Waals surface area contributed by atoms with E-state index in [1.807, 2.05) is 6.07 Å². The molecule has 4 nitrogen and oxygen atoms in total. The lowest BCUT2D eigenvalue weighted by molar-refractivity contribution is -0.0444. The smallest absolute Gasteiger partial charge is 0.257 e.